The van der Waals surface area contributed by atoms with Crippen molar-refractivity contribution in [2.24, 2.45) is 0 Å². The summed E-state index contributed by atoms with van der Waals surface area (Å²) in [6.45, 7) is 0.332. The third-order valence-electron chi connectivity index (χ3n) is 4.20. The molecule has 1 N–H and O–H groups in total. The lowest BCUT2D eigenvalue weighted by molar-refractivity contribution is -0.112. The molecule has 1 amide bonds. The van der Waals surface area contributed by atoms with Gasteiger partial charge in [-0.2, -0.15) is 5.26 Å². The number of carbonyl (C=O) groups is 1. The molecular weight excluding hydrogens is 491 g/mol. The van der Waals surface area contributed by atoms with E-state index in [-0.39, 0.29) is 5.57 Å². The lowest BCUT2D eigenvalue weighted by Crippen LogP contribution is -2.13. The number of para-hydroxylation sites is 1. The molecule has 150 valence electrons. The third kappa shape index (κ3) is 5.61. The molecule has 0 unspecified atom stereocenters. The number of amides is 1. The van der Waals surface area contributed by atoms with Crippen molar-refractivity contribution in [2.75, 3.05) is 12.4 Å². The Kier molecular flexibility index (Phi) is 7.46. The Labute approximate surface area is 189 Å². The van der Waals surface area contributed by atoms with Crippen LogP contribution >= 0.6 is 22.6 Å². The summed E-state index contributed by atoms with van der Waals surface area (Å²) in [6.07, 6.45) is 1.51. The first-order valence-corrected chi connectivity index (χ1v) is 10.2. The number of nitrogens with zero attached hydrogens (tertiary/aromatic N) is 1. The number of benzene rings is 3. The van der Waals surface area contributed by atoms with Crippen LogP contribution in [0.1, 0.15) is 11.1 Å². The number of hydrogen-bond acceptors (Lipinski definition) is 4. The van der Waals surface area contributed by atoms with E-state index in [4.69, 9.17) is 9.47 Å². The van der Waals surface area contributed by atoms with Crippen molar-refractivity contribution in [1.29, 1.82) is 5.26 Å². The van der Waals surface area contributed by atoms with E-state index in [0.29, 0.717) is 29.4 Å². The zero-order valence-electron chi connectivity index (χ0n) is 16.3. The molecule has 30 heavy (non-hydrogen) atoms. The van der Waals surface area contributed by atoms with E-state index in [2.05, 4.69) is 27.9 Å². The first-order chi connectivity index (χ1) is 14.6. The van der Waals surface area contributed by atoms with Crippen molar-refractivity contribution >= 4 is 40.3 Å². The van der Waals surface area contributed by atoms with Crippen LogP contribution in [0.3, 0.4) is 0 Å². The fourth-order valence-electron chi connectivity index (χ4n) is 2.76. The molecule has 0 aliphatic rings. The number of ether oxygens (including phenoxy) is 2. The minimum absolute atomic E-state index is 0.0355. The Hall–Kier alpha value is -3.31. The summed E-state index contributed by atoms with van der Waals surface area (Å²) in [4.78, 5) is 12.6. The van der Waals surface area contributed by atoms with Crippen molar-refractivity contribution in [3.05, 3.63) is 93.1 Å². The second-order valence-electron chi connectivity index (χ2n) is 6.29. The highest BCUT2D eigenvalue weighted by Crippen LogP contribution is 2.33. The molecule has 0 aliphatic heterocycles. The van der Waals surface area contributed by atoms with Crippen LogP contribution in [0.2, 0.25) is 0 Å². The average Bonchev–Trinajstić information content (AvgIpc) is 2.76. The minimum atomic E-state index is -0.490. The van der Waals surface area contributed by atoms with Crippen LogP contribution in [0, 0.1) is 14.9 Å². The highest BCUT2D eigenvalue weighted by Gasteiger charge is 2.14. The predicted octanol–water partition coefficient (Wildman–Crippen LogP) is 5.42. The maximum Gasteiger partial charge on any atom is 0.266 e. The number of hydrogen-bond donors (Lipinski definition) is 1. The topological polar surface area (TPSA) is 71.3 Å². The summed E-state index contributed by atoms with van der Waals surface area (Å²) in [7, 11) is 1.55. The van der Waals surface area contributed by atoms with Gasteiger partial charge in [0, 0.05) is 14.8 Å². The molecule has 0 atom stereocenters. The number of methoxy groups -OCH3 is 1. The quantitative estimate of drug-likeness (QED) is 0.262. The molecule has 3 aromatic carbocycles. The van der Waals surface area contributed by atoms with Crippen molar-refractivity contribution in [3.63, 3.8) is 0 Å². The summed E-state index contributed by atoms with van der Waals surface area (Å²) in [5.41, 5.74) is 2.17. The van der Waals surface area contributed by atoms with Crippen molar-refractivity contribution in [2.45, 2.75) is 6.61 Å². The number of anilines is 1. The second-order valence-corrected chi connectivity index (χ2v) is 7.53. The van der Waals surface area contributed by atoms with E-state index in [1.807, 2.05) is 54.6 Å². The molecule has 0 bridgehead atoms. The van der Waals surface area contributed by atoms with Gasteiger partial charge in [0.2, 0.25) is 0 Å². The van der Waals surface area contributed by atoms with Gasteiger partial charge in [-0.1, -0.05) is 48.5 Å². The van der Waals surface area contributed by atoms with Gasteiger partial charge in [0.05, 0.1) is 7.11 Å². The van der Waals surface area contributed by atoms with Crippen LogP contribution in [0.4, 0.5) is 5.69 Å². The molecule has 0 aliphatic carbocycles. The van der Waals surface area contributed by atoms with Crippen LogP contribution in [0.25, 0.3) is 6.08 Å². The van der Waals surface area contributed by atoms with Crippen molar-refractivity contribution in [3.8, 4) is 17.6 Å². The molecule has 5 nitrogen and oxygen atoms in total. The molecule has 3 aromatic rings. The van der Waals surface area contributed by atoms with Gasteiger partial charge in [0.25, 0.3) is 5.91 Å². The lowest BCUT2D eigenvalue weighted by Gasteiger charge is -2.14. The second kappa shape index (κ2) is 10.5. The van der Waals surface area contributed by atoms with E-state index in [0.717, 1.165) is 9.13 Å². The van der Waals surface area contributed by atoms with Gasteiger partial charge in [0.15, 0.2) is 11.5 Å². The van der Waals surface area contributed by atoms with Gasteiger partial charge in [-0.05, 0) is 58.5 Å². The maximum atomic E-state index is 12.6. The number of carbonyl (C=O) groups excluding carboxylic acids is 1. The first kappa shape index (κ1) is 21.4. The van der Waals surface area contributed by atoms with E-state index >= 15 is 0 Å². The smallest absolute Gasteiger partial charge is 0.266 e. The molecule has 0 spiro atoms. The molecule has 0 fully saturated rings. The molecule has 6 heteroatoms. The van der Waals surface area contributed by atoms with Gasteiger partial charge in [0.1, 0.15) is 18.2 Å². The zero-order chi connectivity index (χ0) is 21.3. The Bertz CT molecular complexity index is 1100. The van der Waals surface area contributed by atoms with E-state index in [1.165, 1.54) is 6.08 Å². The third-order valence-corrected chi connectivity index (χ3v) is 4.87. The number of nitriles is 1. The molecule has 0 saturated carbocycles. The van der Waals surface area contributed by atoms with Crippen LogP contribution in [-0.4, -0.2) is 13.0 Å². The van der Waals surface area contributed by atoms with Crippen molar-refractivity contribution < 1.29 is 14.3 Å². The maximum absolute atomic E-state index is 12.6. The van der Waals surface area contributed by atoms with Crippen LogP contribution < -0.4 is 14.8 Å². The summed E-state index contributed by atoms with van der Waals surface area (Å²) < 4.78 is 12.4. The first-order valence-electron chi connectivity index (χ1n) is 9.13. The molecule has 0 aromatic heterocycles. The van der Waals surface area contributed by atoms with E-state index < -0.39 is 5.91 Å². The fraction of sp³-hybridized carbons (Fsp3) is 0.0833. The molecule has 3 rings (SSSR count). The van der Waals surface area contributed by atoms with E-state index in [1.54, 1.807) is 31.4 Å². The highest BCUT2D eigenvalue weighted by molar-refractivity contribution is 14.1. The predicted molar refractivity (Wildman–Crippen MR) is 125 cm³/mol. The van der Waals surface area contributed by atoms with Gasteiger partial charge < -0.3 is 14.8 Å². The van der Waals surface area contributed by atoms with Crippen LogP contribution in [0.15, 0.2) is 78.4 Å². The number of halogens is 1. The Balaban J connectivity index is 1.88. The minimum Gasteiger partial charge on any atom is -0.493 e. The van der Waals surface area contributed by atoms with Gasteiger partial charge >= 0.3 is 0 Å². The largest absolute Gasteiger partial charge is 0.493 e. The Morgan fingerprint density at radius 3 is 2.57 bits per heavy atom. The number of nitrogens with one attached hydrogen (secondary N) is 1. The zero-order valence-corrected chi connectivity index (χ0v) is 18.4. The van der Waals surface area contributed by atoms with Crippen molar-refractivity contribution in [1.82, 2.24) is 0 Å². The van der Waals surface area contributed by atoms with E-state index in [9.17, 15) is 10.1 Å². The molecule has 0 saturated heterocycles. The summed E-state index contributed by atoms with van der Waals surface area (Å²) >= 11 is 2.16. The van der Waals surface area contributed by atoms with Gasteiger partial charge in [-0.3, -0.25) is 4.79 Å². The van der Waals surface area contributed by atoms with Crippen LogP contribution in [0.5, 0.6) is 11.5 Å². The molecule has 0 heterocycles. The Morgan fingerprint density at radius 2 is 1.87 bits per heavy atom. The Morgan fingerprint density at radius 1 is 1.10 bits per heavy atom. The number of rotatable bonds is 7. The standard InChI is InChI=1S/C24H19IN2O3/c1-29-22-12-5-9-18(23(22)30-16-17-7-3-2-4-8-17)13-19(15-26)24(28)27-21-11-6-10-20(25)14-21/h2-14H,16H2,1H3,(H,27,28)/b19-13+. The average molecular weight is 510 g/mol. The van der Waals surface area contributed by atoms with Gasteiger partial charge in [-0.15, -0.1) is 0 Å². The summed E-state index contributed by atoms with van der Waals surface area (Å²) in [5, 5.41) is 12.3. The van der Waals surface area contributed by atoms with Crippen LogP contribution in [-0.2, 0) is 11.4 Å². The molecular formula is C24H19IN2O3. The lowest BCUT2D eigenvalue weighted by atomic mass is 10.1. The van der Waals surface area contributed by atoms with Gasteiger partial charge in [-0.25, -0.2) is 0 Å². The SMILES string of the molecule is COc1cccc(/C=C(\C#N)C(=O)Nc2cccc(I)c2)c1OCc1ccccc1. The molecule has 0 radical (unpaired) electrons. The monoisotopic (exact) mass is 510 g/mol. The summed E-state index contributed by atoms with van der Waals surface area (Å²) in [6, 6.07) is 24.4. The highest BCUT2D eigenvalue weighted by atomic mass is 127. The normalized spacial score (nSPS) is 10.8. The fourth-order valence-corrected chi connectivity index (χ4v) is 3.30. The summed E-state index contributed by atoms with van der Waals surface area (Å²) in [5.74, 6) is 0.505.